The number of rotatable bonds is 4. The van der Waals surface area contributed by atoms with E-state index < -0.39 is 0 Å². The fourth-order valence-corrected chi connectivity index (χ4v) is 1.68. The van der Waals surface area contributed by atoms with Crippen LogP contribution in [-0.4, -0.2) is 25.0 Å². The van der Waals surface area contributed by atoms with Gasteiger partial charge in [-0.15, -0.1) is 0 Å². The summed E-state index contributed by atoms with van der Waals surface area (Å²) in [6, 6.07) is 7.03. The monoisotopic (exact) mass is 210 g/mol. The molecule has 0 amide bonds. The van der Waals surface area contributed by atoms with E-state index in [0.717, 1.165) is 12.0 Å². The maximum atomic E-state index is 12.8. The van der Waals surface area contributed by atoms with Gasteiger partial charge in [0.05, 0.1) is 0 Å². The molecular weight excluding hydrogens is 191 g/mol. The van der Waals surface area contributed by atoms with Crippen LogP contribution in [0.2, 0.25) is 0 Å². The molecule has 0 saturated carbocycles. The van der Waals surface area contributed by atoms with Gasteiger partial charge >= 0.3 is 0 Å². The van der Waals surface area contributed by atoms with Gasteiger partial charge in [0.2, 0.25) is 0 Å². The standard InChI is InChI=1S/C12H19FN2/c1-9(14)8-12(15(2)3)10-4-6-11(13)7-5-10/h4-7,9,12H,8,14H2,1-3H3. The predicted octanol–water partition coefficient (Wildman–Crippen LogP) is 2.17. The van der Waals surface area contributed by atoms with E-state index in [2.05, 4.69) is 4.90 Å². The van der Waals surface area contributed by atoms with Gasteiger partial charge in [-0.3, -0.25) is 0 Å². The lowest BCUT2D eigenvalue weighted by molar-refractivity contribution is 0.272. The number of hydrogen-bond donors (Lipinski definition) is 1. The van der Waals surface area contributed by atoms with Crippen LogP contribution in [0.15, 0.2) is 24.3 Å². The van der Waals surface area contributed by atoms with Crippen molar-refractivity contribution >= 4 is 0 Å². The van der Waals surface area contributed by atoms with Gasteiger partial charge in [-0.1, -0.05) is 12.1 Å². The summed E-state index contributed by atoms with van der Waals surface area (Å²) in [5.41, 5.74) is 6.91. The maximum Gasteiger partial charge on any atom is 0.123 e. The van der Waals surface area contributed by atoms with Crippen LogP contribution in [0.1, 0.15) is 24.9 Å². The fraction of sp³-hybridized carbons (Fsp3) is 0.500. The van der Waals surface area contributed by atoms with Crippen LogP contribution in [-0.2, 0) is 0 Å². The Balaban J connectivity index is 2.84. The molecule has 2 N–H and O–H groups in total. The molecule has 15 heavy (non-hydrogen) atoms. The topological polar surface area (TPSA) is 29.3 Å². The van der Waals surface area contributed by atoms with Gasteiger partial charge in [-0.05, 0) is 45.1 Å². The molecule has 0 bridgehead atoms. The van der Waals surface area contributed by atoms with Gasteiger partial charge < -0.3 is 10.6 Å². The SMILES string of the molecule is CC(N)CC(c1ccc(F)cc1)N(C)C. The van der Waals surface area contributed by atoms with Crippen LogP contribution in [0.3, 0.4) is 0 Å². The second kappa shape index (κ2) is 5.24. The summed E-state index contributed by atoms with van der Waals surface area (Å²) in [5, 5.41) is 0. The Labute approximate surface area is 90.9 Å². The van der Waals surface area contributed by atoms with Crippen LogP contribution < -0.4 is 5.73 Å². The zero-order chi connectivity index (χ0) is 11.4. The second-order valence-corrected chi connectivity index (χ2v) is 4.24. The average Bonchev–Trinajstić information content (AvgIpc) is 2.15. The van der Waals surface area contributed by atoms with E-state index in [-0.39, 0.29) is 17.9 Å². The van der Waals surface area contributed by atoms with E-state index in [1.165, 1.54) is 12.1 Å². The molecule has 2 unspecified atom stereocenters. The van der Waals surface area contributed by atoms with Crippen molar-refractivity contribution in [3.63, 3.8) is 0 Å². The van der Waals surface area contributed by atoms with Gasteiger partial charge in [-0.2, -0.15) is 0 Å². The lowest BCUT2D eigenvalue weighted by Gasteiger charge is -2.26. The first-order chi connectivity index (χ1) is 7.00. The number of nitrogens with zero attached hydrogens (tertiary/aromatic N) is 1. The molecule has 84 valence electrons. The van der Waals surface area contributed by atoms with Crippen LogP contribution >= 0.6 is 0 Å². The number of halogens is 1. The van der Waals surface area contributed by atoms with Gasteiger partial charge in [0.15, 0.2) is 0 Å². The highest BCUT2D eigenvalue weighted by Gasteiger charge is 2.15. The van der Waals surface area contributed by atoms with E-state index in [4.69, 9.17) is 5.73 Å². The number of benzene rings is 1. The van der Waals surface area contributed by atoms with Crippen molar-refractivity contribution < 1.29 is 4.39 Å². The number of hydrogen-bond acceptors (Lipinski definition) is 2. The third-order valence-corrected chi connectivity index (χ3v) is 2.47. The molecular formula is C12H19FN2. The van der Waals surface area contributed by atoms with Crippen molar-refractivity contribution in [1.29, 1.82) is 0 Å². The molecule has 1 aromatic carbocycles. The van der Waals surface area contributed by atoms with Crippen molar-refractivity contribution in [2.24, 2.45) is 5.73 Å². The summed E-state index contributed by atoms with van der Waals surface area (Å²) in [6.45, 7) is 1.99. The normalized spacial score (nSPS) is 15.3. The van der Waals surface area contributed by atoms with Crippen molar-refractivity contribution in [3.8, 4) is 0 Å². The number of nitrogens with two attached hydrogens (primary N) is 1. The maximum absolute atomic E-state index is 12.8. The zero-order valence-electron chi connectivity index (χ0n) is 9.57. The summed E-state index contributed by atoms with van der Waals surface area (Å²) in [7, 11) is 4.02. The summed E-state index contributed by atoms with van der Waals surface area (Å²) in [6.07, 6.45) is 0.874. The van der Waals surface area contributed by atoms with E-state index in [1.54, 1.807) is 0 Å². The Hall–Kier alpha value is -0.930. The van der Waals surface area contributed by atoms with Crippen molar-refractivity contribution in [1.82, 2.24) is 4.90 Å². The van der Waals surface area contributed by atoms with Crippen LogP contribution in [0, 0.1) is 5.82 Å². The molecule has 0 aliphatic carbocycles. The Bertz CT molecular complexity index is 293. The molecule has 0 aromatic heterocycles. The predicted molar refractivity (Wildman–Crippen MR) is 61.1 cm³/mol. The van der Waals surface area contributed by atoms with Gasteiger partial charge in [0.1, 0.15) is 5.82 Å². The van der Waals surface area contributed by atoms with Crippen LogP contribution in [0.25, 0.3) is 0 Å². The first kappa shape index (κ1) is 12.1. The van der Waals surface area contributed by atoms with E-state index >= 15 is 0 Å². The molecule has 0 saturated heterocycles. The highest BCUT2D eigenvalue weighted by atomic mass is 19.1. The summed E-state index contributed by atoms with van der Waals surface area (Å²) in [5.74, 6) is -0.197. The van der Waals surface area contributed by atoms with Crippen LogP contribution in [0.5, 0.6) is 0 Å². The Morgan fingerprint density at radius 2 is 1.80 bits per heavy atom. The summed E-state index contributed by atoms with van der Waals surface area (Å²) in [4.78, 5) is 2.11. The molecule has 0 fully saturated rings. The quantitative estimate of drug-likeness (QED) is 0.825. The lowest BCUT2D eigenvalue weighted by Crippen LogP contribution is -2.27. The Kier molecular flexibility index (Phi) is 4.24. The van der Waals surface area contributed by atoms with Crippen LogP contribution in [0.4, 0.5) is 4.39 Å². The molecule has 1 rings (SSSR count). The minimum Gasteiger partial charge on any atom is -0.328 e. The molecule has 1 aromatic rings. The highest BCUT2D eigenvalue weighted by Crippen LogP contribution is 2.22. The van der Waals surface area contributed by atoms with Gasteiger partial charge in [-0.25, -0.2) is 4.39 Å². The first-order valence-corrected chi connectivity index (χ1v) is 5.18. The summed E-state index contributed by atoms with van der Waals surface area (Å²) < 4.78 is 12.8. The van der Waals surface area contributed by atoms with Crippen molar-refractivity contribution in [3.05, 3.63) is 35.6 Å². The third-order valence-electron chi connectivity index (χ3n) is 2.47. The van der Waals surface area contributed by atoms with E-state index in [1.807, 2.05) is 33.2 Å². The largest absolute Gasteiger partial charge is 0.328 e. The first-order valence-electron chi connectivity index (χ1n) is 5.18. The fourth-order valence-electron chi connectivity index (χ4n) is 1.68. The molecule has 2 atom stereocenters. The van der Waals surface area contributed by atoms with E-state index in [9.17, 15) is 4.39 Å². The minimum atomic E-state index is -0.197. The molecule has 3 heteroatoms. The zero-order valence-corrected chi connectivity index (χ0v) is 9.57. The van der Waals surface area contributed by atoms with Gasteiger partial charge in [0, 0.05) is 12.1 Å². The molecule has 2 nitrogen and oxygen atoms in total. The summed E-state index contributed by atoms with van der Waals surface area (Å²) >= 11 is 0. The second-order valence-electron chi connectivity index (χ2n) is 4.24. The molecule has 0 radical (unpaired) electrons. The minimum absolute atomic E-state index is 0.141. The molecule has 0 aliphatic rings. The van der Waals surface area contributed by atoms with Crippen molar-refractivity contribution in [2.45, 2.75) is 25.4 Å². The average molecular weight is 210 g/mol. The molecule has 0 aliphatic heterocycles. The molecule has 0 spiro atoms. The van der Waals surface area contributed by atoms with Gasteiger partial charge in [0.25, 0.3) is 0 Å². The Morgan fingerprint density at radius 1 is 1.27 bits per heavy atom. The lowest BCUT2D eigenvalue weighted by atomic mass is 9.99. The Morgan fingerprint density at radius 3 is 2.20 bits per heavy atom. The van der Waals surface area contributed by atoms with E-state index in [0.29, 0.717) is 0 Å². The smallest absolute Gasteiger partial charge is 0.123 e. The molecule has 0 heterocycles. The highest BCUT2D eigenvalue weighted by molar-refractivity contribution is 5.20. The third kappa shape index (κ3) is 3.61. The van der Waals surface area contributed by atoms with Crippen molar-refractivity contribution in [2.75, 3.05) is 14.1 Å².